The van der Waals surface area contributed by atoms with Gasteiger partial charge in [-0.15, -0.1) is 0 Å². The lowest BCUT2D eigenvalue weighted by atomic mass is 10.0. The van der Waals surface area contributed by atoms with E-state index in [0.29, 0.717) is 18.2 Å². The first-order chi connectivity index (χ1) is 9.60. The third-order valence-corrected chi connectivity index (χ3v) is 3.69. The minimum Gasteiger partial charge on any atom is -0.384 e. The molecule has 1 heterocycles. The smallest absolute Gasteiger partial charge is 0.123 e. The van der Waals surface area contributed by atoms with Crippen molar-refractivity contribution >= 4 is 5.84 Å². The highest BCUT2D eigenvalue weighted by atomic mass is 19.1. The summed E-state index contributed by atoms with van der Waals surface area (Å²) in [6.45, 7) is 5.40. The van der Waals surface area contributed by atoms with Crippen LogP contribution in [-0.2, 0) is 11.3 Å². The summed E-state index contributed by atoms with van der Waals surface area (Å²) < 4.78 is 18.9. The summed E-state index contributed by atoms with van der Waals surface area (Å²) in [5.74, 6) is -0.433. The molecule has 1 aromatic carbocycles. The second-order valence-corrected chi connectivity index (χ2v) is 5.15. The number of amidine groups is 1. The van der Waals surface area contributed by atoms with Crippen LogP contribution < -0.4 is 5.73 Å². The Balaban J connectivity index is 1.99. The average molecular weight is 279 g/mol. The number of likely N-dealkylation sites (tertiary alicyclic amines) is 1. The van der Waals surface area contributed by atoms with Gasteiger partial charge in [-0.1, -0.05) is 6.07 Å². The Labute approximate surface area is 119 Å². The zero-order valence-corrected chi connectivity index (χ0v) is 11.9. The molecule has 4 nitrogen and oxygen atoms in total. The molecule has 3 N–H and O–H groups in total. The number of nitrogen functional groups attached to an aromatic ring is 1. The average Bonchev–Trinajstić information content (AvgIpc) is 2.43. The summed E-state index contributed by atoms with van der Waals surface area (Å²) >= 11 is 0. The number of hydrogen-bond donors (Lipinski definition) is 2. The number of rotatable bonds is 5. The molecule has 1 aliphatic heterocycles. The summed E-state index contributed by atoms with van der Waals surface area (Å²) in [5, 5.41) is 7.55. The molecule has 0 radical (unpaired) electrons. The summed E-state index contributed by atoms with van der Waals surface area (Å²) in [6.07, 6.45) is 2.39. The predicted octanol–water partition coefficient (Wildman–Crippen LogP) is 2.11. The van der Waals surface area contributed by atoms with Crippen LogP contribution in [0.15, 0.2) is 18.2 Å². The number of hydrogen-bond acceptors (Lipinski definition) is 3. The van der Waals surface area contributed by atoms with E-state index in [2.05, 4.69) is 4.90 Å². The number of nitrogens with two attached hydrogens (primary N) is 1. The summed E-state index contributed by atoms with van der Waals surface area (Å²) in [4.78, 5) is 2.30. The molecule has 0 aromatic heterocycles. The van der Waals surface area contributed by atoms with Crippen molar-refractivity contribution in [2.45, 2.75) is 32.4 Å². The highest BCUT2D eigenvalue weighted by Gasteiger charge is 2.20. The van der Waals surface area contributed by atoms with Gasteiger partial charge < -0.3 is 10.5 Å². The normalized spacial score (nSPS) is 17.3. The van der Waals surface area contributed by atoms with E-state index in [1.165, 1.54) is 12.1 Å². The van der Waals surface area contributed by atoms with Crippen LogP contribution in [0.2, 0.25) is 0 Å². The minimum absolute atomic E-state index is 0.0799. The number of ether oxygens (including phenoxy) is 1. The lowest BCUT2D eigenvalue weighted by Gasteiger charge is -2.32. The second-order valence-electron chi connectivity index (χ2n) is 5.15. The SMILES string of the molecule is CCOC1CCN(Cc2ccc(F)cc2C(=N)N)CC1. The van der Waals surface area contributed by atoms with E-state index >= 15 is 0 Å². The number of benzene rings is 1. The van der Waals surface area contributed by atoms with Crippen LogP contribution in [0, 0.1) is 11.2 Å². The van der Waals surface area contributed by atoms with Gasteiger partial charge in [-0.25, -0.2) is 4.39 Å². The fraction of sp³-hybridized carbons (Fsp3) is 0.533. The molecule has 0 unspecified atom stereocenters. The van der Waals surface area contributed by atoms with E-state index < -0.39 is 0 Å². The molecule has 0 spiro atoms. The summed E-state index contributed by atoms with van der Waals surface area (Å²) in [7, 11) is 0. The quantitative estimate of drug-likeness (QED) is 0.641. The van der Waals surface area contributed by atoms with Crippen molar-refractivity contribution in [2.75, 3.05) is 19.7 Å². The van der Waals surface area contributed by atoms with E-state index in [0.717, 1.165) is 38.1 Å². The maximum absolute atomic E-state index is 13.2. The molecule has 20 heavy (non-hydrogen) atoms. The lowest BCUT2D eigenvalue weighted by molar-refractivity contribution is 0.0125. The standard InChI is InChI=1S/C15H22FN3O/c1-2-20-13-5-7-19(8-6-13)10-11-3-4-12(16)9-14(11)15(17)18/h3-4,9,13H,2,5-8,10H2,1H3,(H3,17,18). The van der Waals surface area contributed by atoms with Gasteiger partial charge in [0.2, 0.25) is 0 Å². The first kappa shape index (κ1) is 14.9. The topological polar surface area (TPSA) is 62.3 Å². The molecule has 0 aliphatic carbocycles. The van der Waals surface area contributed by atoms with Crippen molar-refractivity contribution < 1.29 is 9.13 Å². The van der Waals surface area contributed by atoms with E-state index in [1.54, 1.807) is 6.07 Å². The van der Waals surface area contributed by atoms with E-state index in [1.807, 2.05) is 6.92 Å². The number of nitrogens with zero attached hydrogens (tertiary/aromatic N) is 1. The molecular formula is C15H22FN3O. The maximum Gasteiger partial charge on any atom is 0.123 e. The maximum atomic E-state index is 13.2. The van der Waals surface area contributed by atoms with Crippen LogP contribution in [0.5, 0.6) is 0 Å². The van der Waals surface area contributed by atoms with Gasteiger partial charge in [0.1, 0.15) is 11.7 Å². The minimum atomic E-state index is -0.353. The largest absolute Gasteiger partial charge is 0.384 e. The Morgan fingerprint density at radius 3 is 2.75 bits per heavy atom. The molecule has 0 atom stereocenters. The van der Waals surface area contributed by atoms with Crippen molar-refractivity contribution in [3.8, 4) is 0 Å². The zero-order chi connectivity index (χ0) is 14.5. The highest BCUT2D eigenvalue weighted by molar-refractivity contribution is 5.96. The van der Waals surface area contributed by atoms with Crippen molar-refractivity contribution in [3.05, 3.63) is 35.1 Å². The van der Waals surface area contributed by atoms with Crippen LogP contribution in [0.1, 0.15) is 30.9 Å². The van der Waals surface area contributed by atoms with Gasteiger partial charge >= 0.3 is 0 Å². The van der Waals surface area contributed by atoms with Gasteiger partial charge in [0.05, 0.1) is 6.10 Å². The Bertz CT molecular complexity index is 470. The van der Waals surface area contributed by atoms with Gasteiger partial charge in [0.15, 0.2) is 0 Å². The molecule has 0 saturated carbocycles. The van der Waals surface area contributed by atoms with Crippen LogP contribution in [0.3, 0.4) is 0 Å². The Morgan fingerprint density at radius 1 is 1.45 bits per heavy atom. The highest BCUT2D eigenvalue weighted by Crippen LogP contribution is 2.18. The monoisotopic (exact) mass is 279 g/mol. The van der Waals surface area contributed by atoms with E-state index in [4.69, 9.17) is 15.9 Å². The van der Waals surface area contributed by atoms with E-state index in [9.17, 15) is 4.39 Å². The van der Waals surface area contributed by atoms with E-state index in [-0.39, 0.29) is 11.7 Å². The van der Waals surface area contributed by atoms with Crippen LogP contribution in [0.25, 0.3) is 0 Å². The van der Waals surface area contributed by atoms with Crippen molar-refractivity contribution in [3.63, 3.8) is 0 Å². The Morgan fingerprint density at radius 2 is 2.15 bits per heavy atom. The summed E-state index contributed by atoms with van der Waals surface area (Å²) in [6, 6.07) is 4.49. The molecule has 0 bridgehead atoms. The summed E-state index contributed by atoms with van der Waals surface area (Å²) in [5.41, 5.74) is 6.94. The van der Waals surface area contributed by atoms with Crippen molar-refractivity contribution in [2.24, 2.45) is 5.73 Å². The third kappa shape index (κ3) is 3.77. The molecule has 5 heteroatoms. The first-order valence-corrected chi connectivity index (χ1v) is 7.07. The fourth-order valence-electron chi connectivity index (χ4n) is 2.65. The molecule has 1 aliphatic rings. The van der Waals surface area contributed by atoms with Gasteiger partial charge in [-0.05, 0) is 37.5 Å². The van der Waals surface area contributed by atoms with Crippen LogP contribution in [-0.4, -0.2) is 36.5 Å². The predicted molar refractivity (Wildman–Crippen MR) is 77.3 cm³/mol. The Kier molecular flexibility index (Phi) is 5.09. The lowest BCUT2D eigenvalue weighted by Crippen LogP contribution is -2.37. The zero-order valence-electron chi connectivity index (χ0n) is 11.9. The molecule has 1 saturated heterocycles. The van der Waals surface area contributed by atoms with Gasteiger partial charge in [0.25, 0.3) is 0 Å². The molecule has 110 valence electrons. The van der Waals surface area contributed by atoms with Crippen molar-refractivity contribution in [1.82, 2.24) is 4.90 Å². The molecular weight excluding hydrogens is 257 g/mol. The molecule has 1 fully saturated rings. The molecule has 1 aromatic rings. The van der Waals surface area contributed by atoms with Gasteiger partial charge in [-0.3, -0.25) is 10.3 Å². The third-order valence-electron chi connectivity index (χ3n) is 3.69. The number of piperidine rings is 1. The van der Waals surface area contributed by atoms with Crippen LogP contribution in [0.4, 0.5) is 4.39 Å². The fourth-order valence-corrected chi connectivity index (χ4v) is 2.65. The van der Waals surface area contributed by atoms with Gasteiger partial charge in [-0.2, -0.15) is 0 Å². The molecule has 2 rings (SSSR count). The van der Waals surface area contributed by atoms with Gasteiger partial charge in [0, 0.05) is 31.8 Å². The number of halogens is 1. The van der Waals surface area contributed by atoms with Crippen molar-refractivity contribution in [1.29, 1.82) is 5.41 Å². The second kappa shape index (κ2) is 6.81. The Hall–Kier alpha value is -1.46. The number of nitrogens with one attached hydrogen (secondary N) is 1. The van der Waals surface area contributed by atoms with Crippen LogP contribution >= 0.6 is 0 Å². The first-order valence-electron chi connectivity index (χ1n) is 7.07. The molecule has 0 amide bonds.